The van der Waals surface area contributed by atoms with E-state index in [1.807, 2.05) is 0 Å². The summed E-state index contributed by atoms with van der Waals surface area (Å²) in [6.07, 6.45) is -0.114. The van der Waals surface area contributed by atoms with Crippen molar-refractivity contribution in [2.24, 2.45) is 0 Å². The number of benzene rings is 1. The van der Waals surface area contributed by atoms with Gasteiger partial charge < -0.3 is 9.68 Å². The second-order valence-corrected chi connectivity index (χ2v) is 5.39. The minimum Gasteiger partial charge on any atom is -0.330 e. The van der Waals surface area contributed by atoms with E-state index in [9.17, 15) is 28.8 Å². The molecule has 0 aliphatic heterocycles. The molecule has 0 aliphatic rings. The number of rotatable bonds is 4. The van der Waals surface area contributed by atoms with Crippen molar-refractivity contribution in [3.63, 3.8) is 0 Å². The Labute approximate surface area is 143 Å². The number of carbonyl (C=O) groups excluding carboxylic acids is 2. The minimum atomic E-state index is -0.932. The second kappa shape index (κ2) is 6.06. The molecule has 3 aromatic rings. The van der Waals surface area contributed by atoms with Gasteiger partial charge in [-0.15, -0.1) is 0 Å². The van der Waals surface area contributed by atoms with Gasteiger partial charge in [0.15, 0.2) is 0 Å². The molecule has 0 unspecified atom stereocenters. The lowest BCUT2D eigenvalue weighted by Crippen LogP contribution is -2.35. The molecule has 0 radical (unpaired) electrons. The Balaban J connectivity index is 2.31. The van der Waals surface area contributed by atoms with Crippen LogP contribution in [0.1, 0.15) is 26.7 Å². The first-order valence-corrected chi connectivity index (χ1v) is 7.67. The second-order valence-electron chi connectivity index (χ2n) is 5.39. The van der Waals surface area contributed by atoms with E-state index < -0.39 is 34.2 Å². The Morgan fingerprint density at radius 3 is 1.19 bits per heavy atom. The molecule has 0 fully saturated rings. The zero-order chi connectivity index (χ0) is 19.2. The van der Waals surface area contributed by atoms with Gasteiger partial charge >= 0.3 is 11.9 Å². The summed E-state index contributed by atoms with van der Waals surface area (Å²) in [5.41, 5.74) is -3.73. The Hall–Kier alpha value is -3.56. The zero-order valence-corrected chi connectivity index (χ0v) is 13.7. The first-order chi connectivity index (χ1) is 12.3. The van der Waals surface area contributed by atoms with Crippen LogP contribution in [0, 0.1) is 0 Å². The minimum absolute atomic E-state index is 0.0569. The average Bonchev–Trinajstić information content (AvgIpc) is 3.00. The van der Waals surface area contributed by atoms with Gasteiger partial charge in [-0.1, -0.05) is 23.3 Å². The van der Waals surface area contributed by atoms with Crippen LogP contribution in [0.3, 0.4) is 0 Å². The lowest BCUT2D eigenvalue weighted by molar-refractivity contribution is -0.145. The van der Waals surface area contributed by atoms with Crippen LogP contribution in [0.2, 0.25) is 0 Å². The molecular formula is C16H12N2O8. The molecular weight excluding hydrogens is 348 g/mol. The first-order valence-electron chi connectivity index (χ1n) is 7.67. The molecule has 0 atom stereocenters. The first kappa shape index (κ1) is 17.3. The monoisotopic (exact) mass is 360 g/mol. The van der Waals surface area contributed by atoms with Crippen LogP contribution >= 0.6 is 0 Å². The van der Waals surface area contributed by atoms with Gasteiger partial charge in [0.1, 0.15) is 0 Å². The molecule has 2 aromatic heterocycles. The molecule has 0 aliphatic carbocycles. The lowest BCUT2D eigenvalue weighted by Gasteiger charge is -1.98. The third-order valence-corrected chi connectivity index (χ3v) is 3.78. The predicted molar refractivity (Wildman–Crippen MR) is 88.6 cm³/mol. The molecule has 0 spiro atoms. The molecule has 2 heterocycles. The van der Waals surface area contributed by atoms with E-state index in [0.29, 0.717) is 0 Å². The molecule has 0 saturated heterocycles. The smallest absolute Gasteiger partial charge is 0.330 e. The molecule has 134 valence electrons. The van der Waals surface area contributed by atoms with E-state index in [-0.39, 0.29) is 43.8 Å². The Bertz CT molecular complexity index is 1100. The summed E-state index contributed by atoms with van der Waals surface area (Å²) in [5.74, 6) is -1.59. The highest BCUT2D eigenvalue weighted by Gasteiger charge is 2.22. The van der Waals surface area contributed by atoms with Gasteiger partial charge in [0.25, 0.3) is 22.2 Å². The largest absolute Gasteiger partial charge is 0.332 e. The third-order valence-electron chi connectivity index (χ3n) is 3.78. The number of hydrogen-bond acceptors (Lipinski definition) is 8. The van der Waals surface area contributed by atoms with Crippen LogP contribution in [0.25, 0.3) is 21.5 Å². The Morgan fingerprint density at radius 2 is 0.962 bits per heavy atom. The summed E-state index contributed by atoms with van der Waals surface area (Å²) in [5, 5.41) is -0.769. The number of aromatic nitrogens is 2. The highest BCUT2D eigenvalue weighted by Crippen LogP contribution is 2.14. The van der Waals surface area contributed by atoms with E-state index >= 15 is 0 Å². The number of fused-ring (bicyclic) bond motifs is 2. The zero-order valence-electron chi connectivity index (χ0n) is 13.7. The summed E-state index contributed by atoms with van der Waals surface area (Å²) in [6.45, 7) is 2.97. The summed E-state index contributed by atoms with van der Waals surface area (Å²) in [6, 6.07) is 2.09. The molecule has 1 aromatic carbocycles. The summed E-state index contributed by atoms with van der Waals surface area (Å²) in [7, 11) is 0. The summed E-state index contributed by atoms with van der Waals surface area (Å²) >= 11 is 0. The average molecular weight is 360 g/mol. The Kier molecular flexibility index (Phi) is 4.03. The van der Waals surface area contributed by atoms with E-state index in [4.69, 9.17) is 0 Å². The molecule has 3 rings (SSSR count). The van der Waals surface area contributed by atoms with Crippen molar-refractivity contribution in [3.8, 4) is 0 Å². The van der Waals surface area contributed by atoms with E-state index in [1.54, 1.807) is 0 Å². The van der Waals surface area contributed by atoms with Gasteiger partial charge in [0.05, 0.1) is 21.5 Å². The van der Waals surface area contributed by atoms with Crippen molar-refractivity contribution in [3.05, 3.63) is 53.5 Å². The predicted octanol–water partition coefficient (Wildman–Crippen LogP) is -1.36. The fraction of sp³-hybridized carbons (Fsp3) is 0.250. The van der Waals surface area contributed by atoms with Gasteiger partial charge in [-0.05, 0) is 12.1 Å². The van der Waals surface area contributed by atoms with Crippen molar-refractivity contribution in [2.75, 3.05) is 0 Å². The number of hydrogen-bond donors (Lipinski definition) is 0. The normalized spacial score (nSPS) is 11.2. The van der Waals surface area contributed by atoms with Gasteiger partial charge in [-0.3, -0.25) is 19.2 Å². The van der Waals surface area contributed by atoms with Crippen LogP contribution in [-0.2, 0) is 9.59 Å². The molecule has 0 amide bonds. The fourth-order valence-corrected chi connectivity index (χ4v) is 2.43. The van der Waals surface area contributed by atoms with Crippen molar-refractivity contribution < 1.29 is 19.3 Å². The van der Waals surface area contributed by atoms with E-state index in [0.717, 1.165) is 12.1 Å². The standard InChI is InChI=1S/C16H12N2O8/c1-3-11(19)25-17-13(21)7-5-9-10(6-8(7)14(17)22)16(24)18(15(9)23)26-12(20)4-2/h5-6H,3-4H2,1-2H3. The van der Waals surface area contributed by atoms with Gasteiger partial charge in [0, 0.05) is 12.8 Å². The quantitative estimate of drug-likeness (QED) is 0.558. The molecule has 10 nitrogen and oxygen atoms in total. The molecule has 26 heavy (non-hydrogen) atoms. The van der Waals surface area contributed by atoms with Gasteiger partial charge in [-0.25, -0.2) is 9.59 Å². The van der Waals surface area contributed by atoms with Crippen molar-refractivity contribution >= 4 is 33.5 Å². The topological polar surface area (TPSA) is 131 Å². The van der Waals surface area contributed by atoms with Gasteiger partial charge in [-0.2, -0.15) is 0 Å². The maximum absolute atomic E-state index is 12.3. The Morgan fingerprint density at radius 1 is 0.692 bits per heavy atom. The third kappa shape index (κ3) is 2.42. The molecule has 0 saturated carbocycles. The highest BCUT2D eigenvalue weighted by atomic mass is 16.7. The maximum Gasteiger partial charge on any atom is 0.332 e. The number of nitrogens with zero attached hydrogens (tertiary/aromatic N) is 2. The lowest BCUT2D eigenvalue weighted by atomic mass is 10.1. The highest BCUT2D eigenvalue weighted by molar-refractivity contribution is 5.97. The van der Waals surface area contributed by atoms with Crippen LogP contribution in [0.4, 0.5) is 0 Å². The van der Waals surface area contributed by atoms with Crippen molar-refractivity contribution in [2.45, 2.75) is 26.7 Å². The molecule has 0 bridgehead atoms. The van der Waals surface area contributed by atoms with E-state index in [1.165, 1.54) is 13.8 Å². The summed E-state index contributed by atoms with van der Waals surface area (Å²) < 4.78 is 0.574. The van der Waals surface area contributed by atoms with Crippen LogP contribution < -0.4 is 31.9 Å². The van der Waals surface area contributed by atoms with Gasteiger partial charge in [0.2, 0.25) is 0 Å². The van der Waals surface area contributed by atoms with Crippen molar-refractivity contribution in [1.29, 1.82) is 0 Å². The molecule has 10 heteroatoms. The van der Waals surface area contributed by atoms with Crippen LogP contribution in [0.15, 0.2) is 31.3 Å². The maximum atomic E-state index is 12.3. The van der Waals surface area contributed by atoms with Crippen LogP contribution in [-0.4, -0.2) is 21.4 Å². The fourth-order valence-electron chi connectivity index (χ4n) is 2.43. The van der Waals surface area contributed by atoms with Crippen molar-refractivity contribution in [1.82, 2.24) is 9.46 Å². The van der Waals surface area contributed by atoms with E-state index in [2.05, 4.69) is 9.68 Å². The number of carbonyl (C=O) groups is 2. The molecule has 0 N–H and O–H groups in total. The SMILES string of the molecule is CCC(=O)On1c(=O)c2cc3c(=O)n(OC(=O)CC)c(=O)c3cc2c1=O. The van der Waals surface area contributed by atoms with Crippen LogP contribution in [0.5, 0.6) is 0 Å². The summed E-state index contributed by atoms with van der Waals surface area (Å²) in [4.78, 5) is 81.2.